The van der Waals surface area contributed by atoms with Crippen molar-refractivity contribution in [3.63, 3.8) is 0 Å². The van der Waals surface area contributed by atoms with Gasteiger partial charge in [0.25, 0.3) is 0 Å². The molecule has 0 aliphatic carbocycles. The molecule has 0 fully saturated rings. The quantitative estimate of drug-likeness (QED) is 0.207. The van der Waals surface area contributed by atoms with Gasteiger partial charge in [-0.1, -0.05) is 0 Å². The van der Waals surface area contributed by atoms with Gasteiger partial charge in [0, 0.05) is 5.75 Å². The Kier molecular flexibility index (Phi) is 11.5. The van der Waals surface area contributed by atoms with Crippen molar-refractivity contribution in [1.82, 2.24) is 0 Å². The Bertz CT molecular complexity index is 303. The highest BCUT2D eigenvalue weighted by atomic mass is 32.1. The molecular formula is C9H19NO9S. The summed E-state index contributed by atoms with van der Waals surface area (Å²) < 4.78 is 0. The minimum absolute atomic E-state index is 0.190. The highest BCUT2D eigenvalue weighted by molar-refractivity contribution is 7.80. The molecule has 11 heteroatoms. The Morgan fingerprint density at radius 1 is 1.00 bits per heavy atom. The molecule has 0 spiro atoms. The van der Waals surface area contributed by atoms with E-state index in [1.54, 1.807) is 0 Å². The lowest BCUT2D eigenvalue weighted by atomic mass is 10.0. The van der Waals surface area contributed by atoms with Crippen LogP contribution in [-0.4, -0.2) is 90.5 Å². The summed E-state index contributed by atoms with van der Waals surface area (Å²) in [5, 5.41) is 59.8. The SMILES string of the molecule is NC(CS)C(=O)O.O=C(O)[C@H](O)[C@@H](O)[C@H](O)[C@H](O)CO. The summed E-state index contributed by atoms with van der Waals surface area (Å²) in [7, 11) is 0. The van der Waals surface area contributed by atoms with E-state index in [4.69, 9.17) is 41.5 Å². The average Bonchev–Trinajstić information content (AvgIpc) is 2.43. The molecule has 0 saturated heterocycles. The van der Waals surface area contributed by atoms with Crippen molar-refractivity contribution in [2.45, 2.75) is 30.5 Å². The van der Waals surface area contributed by atoms with Crippen LogP contribution >= 0.6 is 12.6 Å². The molecule has 0 radical (unpaired) electrons. The topological polar surface area (TPSA) is 202 Å². The van der Waals surface area contributed by atoms with Crippen molar-refractivity contribution in [3.8, 4) is 0 Å². The van der Waals surface area contributed by atoms with E-state index in [1.165, 1.54) is 0 Å². The summed E-state index contributed by atoms with van der Waals surface area (Å²) in [6.45, 7) is -0.843. The van der Waals surface area contributed by atoms with Crippen molar-refractivity contribution < 1.29 is 45.3 Å². The summed E-state index contributed by atoms with van der Waals surface area (Å²) in [5.74, 6) is -2.54. The molecule has 10 nitrogen and oxygen atoms in total. The Hall–Kier alpha value is -0.950. The molecule has 0 bridgehead atoms. The second-order valence-corrected chi connectivity index (χ2v) is 4.01. The predicted molar refractivity (Wildman–Crippen MR) is 68.2 cm³/mol. The second kappa shape index (κ2) is 10.8. The summed E-state index contributed by atoms with van der Waals surface area (Å²) >= 11 is 3.65. The molecule has 20 heavy (non-hydrogen) atoms. The maximum Gasteiger partial charge on any atom is 0.335 e. The largest absolute Gasteiger partial charge is 0.480 e. The van der Waals surface area contributed by atoms with Crippen LogP contribution in [0.4, 0.5) is 0 Å². The predicted octanol–water partition coefficient (Wildman–Crippen LogP) is -4.16. The van der Waals surface area contributed by atoms with E-state index in [9.17, 15) is 9.59 Å². The Balaban J connectivity index is 0. The van der Waals surface area contributed by atoms with Gasteiger partial charge in [0.2, 0.25) is 0 Å². The monoisotopic (exact) mass is 317 g/mol. The smallest absolute Gasteiger partial charge is 0.335 e. The fourth-order valence-electron chi connectivity index (χ4n) is 0.747. The maximum absolute atomic E-state index is 10.1. The van der Waals surface area contributed by atoms with E-state index in [-0.39, 0.29) is 5.75 Å². The average molecular weight is 317 g/mol. The van der Waals surface area contributed by atoms with Gasteiger partial charge in [0.1, 0.15) is 24.4 Å². The number of rotatable bonds is 7. The summed E-state index contributed by atoms with van der Waals surface area (Å²) in [5.41, 5.74) is 4.94. The van der Waals surface area contributed by atoms with E-state index in [0.717, 1.165) is 0 Å². The third-order valence-electron chi connectivity index (χ3n) is 2.02. The van der Waals surface area contributed by atoms with E-state index in [0.29, 0.717) is 0 Å². The number of hydrogen-bond donors (Lipinski definition) is 9. The Labute approximate surface area is 119 Å². The zero-order valence-electron chi connectivity index (χ0n) is 10.3. The lowest BCUT2D eigenvalue weighted by Gasteiger charge is -2.23. The van der Waals surface area contributed by atoms with Crippen LogP contribution in [-0.2, 0) is 9.59 Å². The first kappa shape index (κ1) is 21.4. The van der Waals surface area contributed by atoms with Gasteiger partial charge in [-0.15, -0.1) is 0 Å². The Morgan fingerprint density at radius 2 is 1.45 bits per heavy atom. The van der Waals surface area contributed by atoms with Crippen molar-refractivity contribution in [2.75, 3.05) is 12.4 Å². The van der Waals surface area contributed by atoms with Gasteiger partial charge in [-0.2, -0.15) is 12.6 Å². The van der Waals surface area contributed by atoms with E-state index in [1.807, 2.05) is 0 Å². The lowest BCUT2D eigenvalue weighted by Crippen LogP contribution is -2.48. The third kappa shape index (κ3) is 8.27. The van der Waals surface area contributed by atoms with E-state index < -0.39 is 49.0 Å². The number of nitrogens with two attached hydrogens (primary N) is 1. The minimum atomic E-state index is -2.20. The molecule has 0 saturated carbocycles. The highest BCUT2D eigenvalue weighted by Crippen LogP contribution is 2.04. The number of aliphatic hydroxyl groups is 5. The first-order valence-electron chi connectivity index (χ1n) is 5.25. The first-order valence-corrected chi connectivity index (χ1v) is 5.88. The van der Waals surface area contributed by atoms with Crippen LogP contribution in [0.1, 0.15) is 0 Å². The summed E-state index contributed by atoms with van der Waals surface area (Å²) in [6.07, 6.45) is -7.84. The van der Waals surface area contributed by atoms with E-state index >= 15 is 0 Å². The Morgan fingerprint density at radius 3 is 1.65 bits per heavy atom. The van der Waals surface area contributed by atoms with Gasteiger partial charge in [-0.3, -0.25) is 4.79 Å². The van der Waals surface area contributed by atoms with Gasteiger partial charge in [0.05, 0.1) is 6.61 Å². The number of thiol groups is 1. The molecule has 9 N–H and O–H groups in total. The zero-order valence-corrected chi connectivity index (χ0v) is 11.2. The molecule has 0 heterocycles. The molecule has 0 aliphatic heterocycles. The molecule has 120 valence electrons. The molecular weight excluding hydrogens is 298 g/mol. The van der Waals surface area contributed by atoms with Crippen LogP contribution in [0.15, 0.2) is 0 Å². The first-order chi connectivity index (χ1) is 9.09. The summed E-state index contributed by atoms with van der Waals surface area (Å²) in [4.78, 5) is 19.8. The van der Waals surface area contributed by atoms with Gasteiger partial charge < -0.3 is 41.5 Å². The van der Waals surface area contributed by atoms with Gasteiger partial charge in [-0.25, -0.2) is 4.79 Å². The number of carbonyl (C=O) groups is 2. The van der Waals surface area contributed by atoms with Crippen LogP contribution in [0.3, 0.4) is 0 Å². The number of carboxylic acid groups (broad SMARTS) is 2. The van der Waals surface area contributed by atoms with Crippen LogP contribution < -0.4 is 5.73 Å². The standard InChI is InChI=1S/C6H12O7.C3H7NO2S/c7-1-2(8)3(9)4(10)5(11)6(12)13;4-2(1-7)3(5)6/h2-5,7-11H,1H2,(H,12,13);2,7H,1,4H2,(H,5,6)/t2-,3-,4+,5-;/m1./s1. The normalized spacial score (nSPS) is 17.9. The van der Waals surface area contributed by atoms with Crippen molar-refractivity contribution in [3.05, 3.63) is 0 Å². The van der Waals surface area contributed by atoms with Crippen LogP contribution in [0.2, 0.25) is 0 Å². The summed E-state index contributed by atoms with van der Waals surface area (Å²) in [6, 6.07) is -0.816. The molecule has 0 aromatic carbocycles. The fourth-order valence-corrected chi connectivity index (χ4v) is 0.903. The van der Waals surface area contributed by atoms with Crippen LogP contribution in [0, 0.1) is 0 Å². The van der Waals surface area contributed by atoms with Gasteiger partial charge >= 0.3 is 11.9 Å². The van der Waals surface area contributed by atoms with Crippen molar-refractivity contribution >= 4 is 24.6 Å². The lowest BCUT2D eigenvalue weighted by molar-refractivity contribution is -0.164. The van der Waals surface area contributed by atoms with Crippen molar-refractivity contribution in [2.24, 2.45) is 5.73 Å². The highest BCUT2D eigenvalue weighted by Gasteiger charge is 2.33. The number of hydrogen-bond acceptors (Lipinski definition) is 9. The molecule has 5 atom stereocenters. The van der Waals surface area contributed by atoms with E-state index in [2.05, 4.69) is 12.6 Å². The van der Waals surface area contributed by atoms with Gasteiger partial charge in [0.15, 0.2) is 6.10 Å². The number of aliphatic carboxylic acids is 2. The zero-order chi connectivity index (χ0) is 16.5. The number of carboxylic acids is 2. The third-order valence-corrected chi connectivity index (χ3v) is 2.41. The molecule has 0 aromatic heterocycles. The molecule has 0 amide bonds. The number of aliphatic hydroxyl groups excluding tert-OH is 5. The van der Waals surface area contributed by atoms with Crippen LogP contribution in [0.5, 0.6) is 0 Å². The molecule has 0 aliphatic rings. The van der Waals surface area contributed by atoms with Crippen LogP contribution in [0.25, 0.3) is 0 Å². The van der Waals surface area contributed by atoms with Gasteiger partial charge in [-0.05, 0) is 0 Å². The second-order valence-electron chi connectivity index (χ2n) is 3.64. The fraction of sp³-hybridized carbons (Fsp3) is 0.778. The molecule has 1 unspecified atom stereocenters. The molecule has 0 rings (SSSR count). The maximum atomic E-state index is 10.1. The molecule has 0 aromatic rings. The minimum Gasteiger partial charge on any atom is -0.480 e. The van der Waals surface area contributed by atoms with Crippen molar-refractivity contribution in [1.29, 1.82) is 0 Å².